The number of ether oxygens (including phenoxy) is 7. The summed E-state index contributed by atoms with van der Waals surface area (Å²) in [7, 11) is 0. The number of pyridine rings is 2. The van der Waals surface area contributed by atoms with Crippen LogP contribution in [0.3, 0.4) is 0 Å². The molecule has 0 spiro atoms. The lowest BCUT2D eigenvalue weighted by atomic mass is 9.85. The number of nitrogens with zero attached hydrogens (tertiary/aromatic N) is 6. The lowest BCUT2D eigenvalue weighted by molar-refractivity contribution is -0.189. The molecule has 4 fully saturated rings. The number of hydrogen-bond donors (Lipinski definition) is 17. The monoisotopic (exact) mass is 2100 g/mol. The summed E-state index contributed by atoms with van der Waals surface area (Å²) in [6, 6.07) is -8.16. The van der Waals surface area contributed by atoms with E-state index in [0.29, 0.717) is 94.5 Å². The molecule has 4 saturated heterocycles. The van der Waals surface area contributed by atoms with Crippen molar-refractivity contribution in [1.82, 2.24) is 82.3 Å². The molecule has 0 radical (unpaired) electrons. The predicted octanol–water partition coefficient (Wildman–Crippen LogP) is -4.34. The summed E-state index contributed by atoms with van der Waals surface area (Å²) in [5.74, 6) is -17.7. The summed E-state index contributed by atoms with van der Waals surface area (Å²) in [6.07, 6.45) is 1.56. The van der Waals surface area contributed by atoms with Gasteiger partial charge in [-0.15, -0.1) is 11.8 Å². The molecule has 0 saturated carbocycles. The average molecular weight is 2100 g/mol. The Morgan fingerprint density at radius 2 is 1.14 bits per heavy atom. The fourth-order valence-corrected chi connectivity index (χ4v) is 19.5. The third-order valence-electron chi connectivity index (χ3n) is 26.0. The van der Waals surface area contributed by atoms with E-state index in [9.17, 15) is 126 Å². The molecule has 8 heterocycles. The normalized spacial score (nSPS) is 18.5. The number of phenolic OH excluding ortho intramolecular Hbond substituents is 1. The molecule has 16 amide bonds. The van der Waals surface area contributed by atoms with Gasteiger partial charge < -0.3 is 143 Å². The number of aryl methyl sites for hydroxylation is 1. The molecule has 19 N–H and O–H groups in total. The predicted molar refractivity (Wildman–Crippen MR) is 522 cm³/mol. The highest BCUT2D eigenvalue weighted by Crippen LogP contribution is 2.43. The average Bonchev–Trinajstić information content (AvgIpc) is 1.52. The van der Waals surface area contributed by atoms with E-state index >= 15 is 0 Å². The van der Waals surface area contributed by atoms with Crippen molar-refractivity contribution in [2.24, 2.45) is 11.5 Å². The zero-order chi connectivity index (χ0) is 108. The topological polar surface area (TPSA) is 727 Å². The quantitative estimate of drug-likeness (QED) is 0.0113. The molecule has 0 bridgehead atoms. The highest BCUT2D eigenvalue weighted by atomic mass is 32.2. The summed E-state index contributed by atoms with van der Waals surface area (Å²) < 4.78 is 40.2. The number of primary amides is 1. The summed E-state index contributed by atoms with van der Waals surface area (Å²) >= 11 is 0.805. The SMILES string of the molecule is CCOCCOCC(=O)NCCCCC(NC(=O)COCCOCCOCCNC(=O)CCCCCN1C(=O)CC(SC[C@H](NC(=O)[C@@H](CCC(=O)O)NC(=O)[C@H](CCC(=O)O)NC(=O)[C@@H]2CCCN2C(=O)[C@@H]2CCCN2C(=O)[C@H](CO)NC(=O)[C@H](CO)NC(=O)[C@@H]2CCCN2C(=O)[C@H](CCCCN)NC(C)=O)C(N)=O)C1=O)C(=O)NCC(=O)O[C@]1(CC)C(=O)OCc2c1cc1n(c2=O)Cc2c-1nc1ccc(O)cc1c2CC. The van der Waals surface area contributed by atoms with Crippen LogP contribution in [0.15, 0.2) is 29.1 Å². The molecule has 0 aliphatic carbocycles. The number of aliphatic carboxylic acids is 2. The number of likely N-dealkylation sites (tertiary alicyclic amines) is 4. The van der Waals surface area contributed by atoms with Gasteiger partial charge in [-0.2, -0.15) is 0 Å². The van der Waals surface area contributed by atoms with Gasteiger partial charge in [0, 0.05) is 101 Å². The number of aromatic hydroxyl groups is 1. The largest absolute Gasteiger partial charge is 0.508 e. The second-order valence-corrected chi connectivity index (χ2v) is 37.6. The van der Waals surface area contributed by atoms with Gasteiger partial charge in [-0.25, -0.2) is 9.78 Å². The lowest BCUT2D eigenvalue weighted by Gasteiger charge is -2.35. The number of carboxylic acids is 2. The first kappa shape index (κ1) is 119. The minimum absolute atomic E-state index is 0.00832. The molecule has 148 heavy (non-hydrogen) atoms. The van der Waals surface area contributed by atoms with Gasteiger partial charge >= 0.3 is 23.9 Å². The maximum absolute atomic E-state index is 14.5. The van der Waals surface area contributed by atoms with Crippen molar-refractivity contribution in [2.45, 2.75) is 260 Å². The number of thioether (sulfide) groups is 1. The summed E-state index contributed by atoms with van der Waals surface area (Å²) in [5.41, 5.74) is 12.0. The molecule has 9 rings (SSSR count). The number of imide groups is 1. The van der Waals surface area contributed by atoms with Crippen LogP contribution in [0.25, 0.3) is 22.3 Å². The first-order valence-corrected chi connectivity index (χ1v) is 51.1. The van der Waals surface area contributed by atoms with Crippen LogP contribution in [-0.4, -0.2) is 376 Å². The number of aromatic nitrogens is 2. The molecule has 51 nitrogen and oxygen atoms in total. The number of nitrogens with two attached hydrogens (primary N) is 2. The van der Waals surface area contributed by atoms with Crippen molar-refractivity contribution < 1.29 is 155 Å². The lowest BCUT2D eigenvalue weighted by Crippen LogP contribution is -2.61. The van der Waals surface area contributed by atoms with E-state index in [2.05, 4.69) is 53.2 Å². The maximum atomic E-state index is 14.5. The number of carbonyl (C=O) groups is 20. The van der Waals surface area contributed by atoms with E-state index in [0.717, 1.165) is 43.0 Å². The van der Waals surface area contributed by atoms with Gasteiger partial charge in [-0.1, -0.05) is 20.3 Å². The number of amides is 16. The fourth-order valence-electron chi connectivity index (χ4n) is 18.3. The number of aliphatic hydroxyl groups excluding tert-OH is 2. The highest BCUT2D eigenvalue weighted by Gasteiger charge is 2.52. The van der Waals surface area contributed by atoms with Gasteiger partial charge in [0.1, 0.15) is 92.5 Å². The Kier molecular flexibility index (Phi) is 47.5. The molecular weight excluding hydrogens is 1970 g/mol. The summed E-state index contributed by atoms with van der Waals surface area (Å²) in [5, 5.41) is 75.2. The van der Waals surface area contributed by atoms with Crippen LogP contribution in [0.5, 0.6) is 5.75 Å². The van der Waals surface area contributed by atoms with E-state index in [1.54, 1.807) is 25.1 Å². The van der Waals surface area contributed by atoms with Crippen LogP contribution in [0.1, 0.15) is 191 Å². The number of rotatable bonds is 65. The molecule has 2 unspecified atom stereocenters. The van der Waals surface area contributed by atoms with Crippen molar-refractivity contribution >= 4 is 141 Å². The summed E-state index contributed by atoms with van der Waals surface area (Å²) in [6.45, 7) is 4.84. The third kappa shape index (κ3) is 33.5. The number of esters is 2. The Morgan fingerprint density at radius 3 is 1.77 bits per heavy atom. The van der Waals surface area contributed by atoms with E-state index in [1.165, 1.54) is 22.5 Å². The Bertz CT molecular complexity index is 5320. The number of fused-ring (bicyclic) bond motifs is 5. The van der Waals surface area contributed by atoms with Crippen LogP contribution in [-0.2, 0) is 154 Å². The maximum Gasteiger partial charge on any atom is 0.355 e. The van der Waals surface area contributed by atoms with Crippen LogP contribution >= 0.6 is 11.8 Å². The zero-order valence-corrected chi connectivity index (χ0v) is 84.4. The minimum Gasteiger partial charge on any atom is -0.508 e. The van der Waals surface area contributed by atoms with Gasteiger partial charge in [-0.05, 0) is 159 Å². The first-order valence-electron chi connectivity index (χ1n) is 50.0. The van der Waals surface area contributed by atoms with Gasteiger partial charge in [0.25, 0.3) is 5.56 Å². The highest BCUT2D eigenvalue weighted by molar-refractivity contribution is 8.00. The first-order chi connectivity index (χ1) is 70.9. The number of phenols is 1. The van der Waals surface area contributed by atoms with Crippen molar-refractivity contribution in [3.63, 3.8) is 0 Å². The second kappa shape index (κ2) is 59.3. The third-order valence-corrected chi connectivity index (χ3v) is 27.3. The molecular formula is C96H138N18O33S. The van der Waals surface area contributed by atoms with Crippen LogP contribution in [0.2, 0.25) is 0 Å². The van der Waals surface area contributed by atoms with E-state index in [-0.39, 0.29) is 185 Å². The van der Waals surface area contributed by atoms with Crippen molar-refractivity contribution in [3.8, 4) is 17.1 Å². The second-order valence-electron chi connectivity index (χ2n) is 36.3. The number of benzene rings is 1. The molecule has 816 valence electrons. The van der Waals surface area contributed by atoms with Crippen LogP contribution < -0.4 is 70.2 Å². The minimum atomic E-state index is -2.11. The number of carboxylic acid groups (broad SMARTS) is 2. The van der Waals surface area contributed by atoms with Crippen molar-refractivity contribution in [1.29, 1.82) is 0 Å². The van der Waals surface area contributed by atoms with Gasteiger partial charge in [0.2, 0.25) is 100 Å². The van der Waals surface area contributed by atoms with Crippen LogP contribution in [0, 0.1) is 0 Å². The Hall–Kier alpha value is -13.0. The van der Waals surface area contributed by atoms with Gasteiger partial charge in [0.15, 0.2) is 0 Å². The van der Waals surface area contributed by atoms with E-state index in [1.807, 2.05) is 13.8 Å². The molecule has 2 aromatic heterocycles. The number of nitrogens with one attached hydrogen (secondary N) is 10. The molecule has 1 aromatic carbocycles. The molecule has 6 aliphatic rings. The standard InChI is InChI=1S/C96H138N18O33S/c1-5-57-58-44-56(118)24-25-62(58)104-82-59(57)48-114-73(82)45-61-60(90(114)135)51-146-95(140)96(61,6-2)147-81(127)47-101-84(129)63(18-11-13-31-99-76(120)52-144-42-38-141-7-3)103-77(121)53-145-43-41-143-40-39-142-37-32-100-75(119)23-9-8-14-33-113-78(122)46-74(94(113)139)148-54-69(83(98)128)109-86(131)64(26-28-79(123)124)105-85(130)65(27-29-80(125)126)106-88(133)71-21-16-35-111(71)93(138)72-22-17-36-112(72)92(137)68(50-116)108-87(132)67(49-115)107-89(134)70-20-15-34-110(70)91(136)66(102-55(4)117)19-10-12-30-97/h24-25,44-45,63-72,74,115-116,118H,5-23,26-43,46-54,97H2,1-4H3,(H2,98,128)(H,99,120)(H,100,119)(H,101,129)(H,102,117)(H,103,121)(H,105,130)(H,106,133)(H,107,134)(H,108,132)(H,109,131)(H,123,124)(H,125,126)/t63?,64-,65+,66+,67+,68+,69+,70+,71+,72+,74?,96+/m1/s1. The summed E-state index contributed by atoms with van der Waals surface area (Å²) in [4.78, 5) is 292. The van der Waals surface area contributed by atoms with Gasteiger partial charge in [-0.3, -0.25) is 101 Å². The molecule has 6 aliphatic heterocycles. The number of hydrogen-bond acceptors (Lipinski definition) is 34. The molecule has 52 heteroatoms. The number of aliphatic hydroxyl groups is 2. The fraction of sp³-hybridized carbons (Fsp3) is 0.646. The van der Waals surface area contributed by atoms with Crippen molar-refractivity contribution in [3.05, 3.63) is 56.9 Å². The smallest absolute Gasteiger partial charge is 0.355 e. The number of cyclic esters (lactones) is 1. The van der Waals surface area contributed by atoms with Gasteiger partial charge in [0.05, 0.1) is 93.7 Å². The Balaban J connectivity index is 0.660. The zero-order valence-electron chi connectivity index (χ0n) is 83.6. The number of carbonyl (C=O) groups excluding carboxylic acids is 18. The molecule has 12 atom stereocenters. The van der Waals surface area contributed by atoms with E-state index < -0.39 is 248 Å². The van der Waals surface area contributed by atoms with Crippen molar-refractivity contribution in [2.75, 3.05) is 137 Å². The molecule has 3 aromatic rings. The Morgan fingerprint density at radius 1 is 0.568 bits per heavy atom. The number of unbranched alkanes of at least 4 members (excludes halogenated alkanes) is 4. The van der Waals surface area contributed by atoms with E-state index in [4.69, 9.17) is 49.6 Å². The van der Waals surface area contributed by atoms with Crippen LogP contribution in [0.4, 0.5) is 0 Å². The Labute approximate surface area is 856 Å².